The molecule has 1 saturated heterocycles. The van der Waals surface area contributed by atoms with Crippen LogP contribution in [0.1, 0.15) is 28.1 Å². The van der Waals surface area contributed by atoms with Gasteiger partial charge in [0.05, 0.1) is 6.54 Å². The van der Waals surface area contributed by atoms with E-state index in [2.05, 4.69) is 5.32 Å². The molecule has 2 aliphatic rings. The average Bonchev–Trinajstić information content (AvgIpc) is 2.96. The summed E-state index contributed by atoms with van der Waals surface area (Å²) in [4.78, 5) is 27.9. The number of hydrogen-bond acceptors (Lipinski definition) is 3. The number of benzene rings is 1. The minimum Gasteiger partial charge on any atom is -0.351 e. The topological polar surface area (TPSA) is 49.4 Å². The molecule has 4 nitrogen and oxygen atoms in total. The van der Waals surface area contributed by atoms with E-state index in [1.165, 1.54) is 24.3 Å². The minimum absolute atomic E-state index is 0.00141. The fourth-order valence-corrected chi connectivity index (χ4v) is 4.37. The molecule has 1 aromatic carbocycles. The van der Waals surface area contributed by atoms with Gasteiger partial charge in [0, 0.05) is 34.9 Å². The molecule has 0 unspecified atom stereocenters. The Morgan fingerprint density at radius 2 is 2.08 bits per heavy atom. The third kappa shape index (κ3) is 3.18. The lowest BCUT2D eigenvalue weighted by molar-refractivity contribution is -0.123. The van der Waals surface area contributed by atoms with Crippen LogP contribution >= 0.6 is 11.3 Å². The Hall–Kier alpha value is -2.21. The van der Waals surface area contributed by atoms with E-state index in [1.54, 1.807) is 16.2 Å². The molecule has 1 aliphatic heterocycles. The summed E-state index contributed by atoms with van der Waals surface area (Å²) in [6, 6.07) is 9.61. The first-order valence-corrected chi connectivity index (χ1v) is 9.30. The van der Waals surface area contributed by atoms with E-state index in [1.807, 2.05) is 17.5 Å². The van der Waals surface area contributed by atoms with Gasteiger partial charge in [0.15, 0.2) is 0 Å². The molecule has 1 N–H and O–H groups in total. The molecule has 0 radical (unpaired) electrons. The number of amides is 2. The quantitative estimate of drug-likeness (QED) is 0.913. The van der Waals surface area contributed by atoms with Crippen LogP contribution in [0.25, 0.3) is 0 Å². The lowest BCUT2D eigenvalue weighted by Crippen LogP contribution is -2.31. The van der Waals surface area contributed by atoms with Gasteiger partial charge in [-0.3, -0.25) is 9.59 Å². The Morgan fingerprint density at radius 1 is 1.28 bits per heavy atom. The SMILES string of the molecule is O=C(NCc1cccs1)[C@@H]1C[C@]12CCN(C(=O)c1ccc(F)cc1)C2. The van der Waals surface area contributed by atoms with Crippen LogP contribution in [0.3, 0.4) is 0 Å². The number of halogens is 1. The smallest absolute Gasteiger partial charge is 0.253 e. The van der Waals surface area contributed by atoms with Crippen molar-refractivity contribution in [2.45, 2.75) is 19.4 Å². The Morgan fingerprint density at radius 3 is 2.80 bits per heavy atom. The second kappa shape index (κ2) is 6.26. The highest BCUT2D eigenvalue weighted by molar-refractivity contribution is 7.09. The van der Waals surface area contributed by atoms with Gasteiger partial charge in [-0.15, -0.1) is 11.3 Å². The summed E-state index contributed by atoms with van der Waals surface area (Å²) in [7, 11) is 0. The van der Waals surface area contributed by atoms with Gasteiger partial charge < -0.3 is 10.2 Å². The third-order valence-corrected chi connectivity index (χ3v) is 6.16. The molecule has 2 atom stereocenters. The second-order valence-electron chi connectivity index (χ2n) is 6.90. The van der Waals surface area contributed by atoms with E-state index in [0.29, 0.717) is 25.2 Å². The molecular weight excluding hydrogens is 339 g/mol. The van der Waals surface area contributed by atoms with Crippen molar-refractivity contribution in [3.05, 3.63) is 58.0 Å². The van der Waals surface area contributed by atoms with Crippen LogP contribution in [0.5, 0.6) is 0 Å². The predicted molar refractivity (Wildman–Crippen MR) is 93.6 cm³/mol. The number of likely N-dealkylation sites (tertiary alicyclic amines) is 1. The first-order valence-electron chi connectivity index (χ1n) is 8.42. The largest absolute Gasteiger partial charge is 0.351 e. The lowest BCUT2D eigenvalue weighted by atomic mass is 10.0. The Balaban J connectivity index is 1.34. The van der Waals surface area contributed by atoms with E-state index in [0.717, 1.165) is 17.7 Å². The number of rotatable bonds is 4. The van der Waals surface area contributed by atoms with E-state index >= 15 is 0 Å². The van der Waals surface area contributed by atoms with Crippen molar-refractivity contribution >= 4 is 23.2 Å². The molecule has 25 heavy (non-hydrogen) atoms. The van der Waals surface area contributed by atoms with Gasteiger partial charge >= 0.3 is 0 Å². The molecule has 4 rings (SSSR count). The molecule has 2 fully saturated rings. The minimum atomic E-state index is -0.348. The summed E-state index contributed by atoms with van der Waals surface area (Å²) in [6.07, 6.45) is 1.70. The van der Waals surface area contributed by atoms with Gasteiger partial charge in [-0.1, -0.05) is 6.07 Å². The van der Waals surface area contributed by atoms with Crippen molar-refractivity contribution < 1.29 is 14.0 Å². The molecular formula is C19H19FN2O2S. The zero-order chi connectivity index (χ0) is 17.4. The number of nitrogens with zero attached hydrogens (tertiary/aromatic N) is 1. The molecule has 1 aliphatic carbocycles. The van der Waals surface area contributed by atoms with Gasteiger partial charge in [0.1, 0.15) is 5.82 Å². The number of thiophene rings is 1. The van der Waals surface area contributed by atoms with Crippen molar-refractivity contribution in [1.82, 2.24) is 10.2 Å². The summed E-state index contributed by atoms with van der Waals surface area (Å²) in [6.45, 7) is 1.84. The monoisotopic (exact) mass is 358 g/mol. The van der Waals surface area contributed by atoms with Crippen LogP contribution in [0.15, 0.2) is 41.8 Å². The lowest BCUT2D eigenvalue weighted by Gasteiger charge is -2.17. The molecule has 130 valence electrons. The highest BCUT2D eigenvalue weighted by atomic mass is 32.1. The maximum Gasteiger partial charge on any atom is 0.253 e. The van der Waals surface area contributed by atoms with Crippen LogP contribution < -0.4 is 5.32 Å². The highest BCUT2D eigenvalue weighted by Crippen LogP contribution is 2.58. The van der Waals surface area contributed by atoms with Gasteiger partial charge in [0.25, 0.3) is 5.91 Å². The first kappa shape index (κ1) is 16.3. The number of nitrogens with one attached hydrogen (secondary N) is 1. The summed E-state index contributed by atoms with van der Waals surface area (Å²) < 4.78 is 13.0. The van der Waals surface area contributed by atoms with Crippen molar-refractivity contribution in [1.29, 1.82) is 0 Å². The molecule has 2 heterocycles. The predicted octanol–water partition coefficient (Wildman–Crippen LogP) is 3.06. The molecule has 1 saturated carbocycles. The van der Waals surface area contributed by atoms with Crippen molar-refractivity contribution in [2.24, 2.45) is 11.3 Å². The van der Waals surface area contributed by atoms with Crippen LogP contribution in [0, 0.1) is 17.2 Å². The fraction of sp³-hybridized carbons (Fsp3) is 0.368. The van der Waals surface area contributed by atoms with Crippen LogP contribution in [0.2, 0.25) is 0 Å². The normalized spacial score (nSPS) is 24.5. The van der Waals surface area contributed by atoms with Crippen LogP contribution in [-0.2, 0) is 11.3 Å². The molecule has 1 spiro atoms. The molecule has 1 aromatic heterocycles. The van der Waals surface area contributed by atoms with Gasteiger partial charge in [-0.05, 0) is 48.6 Å². The maximum absolute atomic E-state index is 13.0. The molecule has 6 heteroatoms. The zero-order valence-electron chi connectivity index (χ0n) is 13.7. The van der Waals surface area contributed by atoms with Gasteiger partial charge in [-0.25, -0.2) is 4.39 Å². The van der Waals surface area contributed by atoms with Crippen molar-refractivity contribution in [3.63, 3.8) is 0 Å². The fourth-order valence-electron chi connectivity index (χ4n) is 3.72. The number of hydrogen-bond donors (Lipinski definition) is 1. The number of carbonyl (C=O) groups excluding carboxylic acids is 2. The van der Waals surface area contributed by atoms with Crippen molar-refractivity contribution in [2.75, 3.05) is 13.1 Å². The second-order valence-corrected chi connectivity index (χ2v) is 7.93. The Bertz CT molecular complexity index is 790. The van der Waals surface area contributed by atoms with E-state index < -0.39 is 0 Å². The van der Waals surface area contributed by atoms with Crippen LogP contribution in [-0.4, -0.2) is 29.8 Å². The van der Waals surface area contributed by atoms with E-state index in [4.69, 9.17) is 0 Å². The standard InChI is InChI=1S/C19H19FN2O2S/c20-14-5-3-13(4-6-14)18(24)22-8-7-19(12-22)10-16(19)17(23)21-11-15-2-1-9-25-15/h1-6,9,16H,7-8,10-12H2,(H,21,23)/t16-,19-/m0/s1. The van der Waals surface area contributed by atoms with E-state index in [-0.39, 0.29) is 29.0 Å². The highest BCUT2D eigenvalue weighted by Gasteiger charge is 2.61. The van der Waals surface area contributed by atoms with E-state index in [9.17, 15) is 14.0 Å². The molecule has 2 amide bonds. The summed E-state index contributed by atoms with van der Waals surface area (Å²) in [5.74, 6) is -0.344. The van der Waals surface area contributed by atoms with Gasteiger partial charge in [0.2, 0.25) is 5.91 Å². The zero-order valence-corrected chi connectivity index (χ0v) is 14.5. The molecule has 0 bridgehead atoms. The Kier molecular flexibility index (Phi) is 4.07. The van der Waals surface area contributed by atoms with Crippen molar-refractivity contribution in [3.8, 4) is 0 Å². The summed E-state index contributed by atoms with van der Waals surface area (Å²) in [5, 5.41) is 5.00. The van der Waals surface area contributed by atoms with Gasteiger partial charge in [-0.2, -0.15) is 0 Å². The summed E-state index contributed by atoms with van der Waals surface area (Å²) in [5.41, 5.74) is 0.438. The summed E-state index contributed by atoms with van der Waals surface area (Å²) >= 11 is 1.63. The Labute approximate surface area is 149 Å². The average molecular weight is 358 g/mol. The third-order valence-electron chi connectivity index (χ3n) is 5.29. The first-order chi connectivity index (χ1) is 12.1. The van der Waals surface area contributed by atoms with Crippen LogP contribution in [0.4, 0.5) is 4.39 Å². The number of carbonyl (C=O) groups is 2. The maximum atomic E-state index is 13.0. The molecule has 2 aromatic rings.